The molecule has 1 aromatic carbocycles. The smallest absolute Gasteiger partial charge is 0.269 e. The Hall–Kier alpha value is -2.17. The molecule has 0 saturated carbocycles. The van der Waals surface area contributed by atoms with Crippen LogP contribution < -0.4 is 5.32 Å². The Balaban J connectivity index is 2.59. The molecular formula is C13H16N2O3. The van der Waals surface area contributed by atoms with E-state index in [1.54, 1.807) is 12.1 Å². The molecule has 0 saturated heterocycles. The molecule has 5 nitrogen and oxygen atoms in total. The molecule has 0 aliphatic heterocycles. The zero-order chi connectivity index (χ0) is 13.5. The molecule has 0 bridgehead atoms. The maximum Gasteiger partial charge on any atom is 0.269 e. The number of nitro groups is 1. The fourth-order valence-corrected chi connectivity index (χ4v) is 1.50. The number of non-ortho nitro benzene ring substituents is 1. The Morgan fingerprint density at radius 2 is 2.22 bits per heavy atom. The van der Waals surface area contributed by atoms with Crippen molar-refractivity contribution in [3.63, 3.8) is 0 Å². The van der Waals surface area contributed by atoms with Gasteiger partial charge in [0, 0.05) is 25.6 Å². The van der Waals surface area contributed by atoms with Gasteiger partial charge < -0.3 is 5.32 Å². The molecule has 5 heteroatoms. The first-order chi connectivity index (χ1) is 8.50. The maximum atomic E-state index is 10.6. The Morgan fingerprint density at radius 1 is 1.50 bits per heavy atom. The van der Waals surface area contributed by atoms with Crippen LogP contribution in [0.15, 0.2) is 24.3 Å². The number of hydrogen-bond acceptors (Lipinski definition) is 3. The average molecular weight is 248 g/mol. The van der Waals surface area contributed by atoms with Gasteiger partial charge in [0.05, 0.1) is 4.92 Å². The van der Waals surface area contributed by atoms with Gasteiger partial charge in [-0.2, -0.15) is 0 Å². The van der Waals surface area contributed by atoms with E-state index in [0.717, 1.165) is 17.5 Å². The van der Waals surface area contributed by atoms with E-state index in [0.29, 0.717) is 6.54 Å². The summed E-state index contributed by atoms with van der Waals surface area (Å²) in [5.74, 6) is -0.0464. The van der Waals surface area contributed by atoms with Crippen molar-refractivity contribution in [3.05, 3.63) is 45.5 Å². The summed E-state index contributed by atoms with van der Waals surface area (Å²) >= 11 is 0. The Morgan fingerprint density at radius 3 is 2.78 bits per heavy atom. The van der Waals surface area contributed by atoms with Crippen LogP contribution in [0.4, 0.5) is 5.69 Å². The summed E-state index contributed by atoms with van der Waals surface area (Å²) in [6.45, 7) is 3.91. The van der Waals surface area contributed by atoms with E-state index in [9.17, 15) is 14.9 Å². The van der Waals surface area contributed by atoms with Crippen molar-refractivity contribution in [2.24, 2.45) is 0 Å². The maximum absolute atomic E-state index is 10.6. The van der Waals surface area contributed by atoms with E-state index < -0.39 is 4.92 Å². The molecule has 0 fully saturated rings. The number of rotatable bonds is 5. The molecule has 0 aliphatic rings. The number of aryl methyl sites for hydroxylation is 1. The van der Waals surface area contributed by atoms with Gasteiger partial charge in [-0.15, -0.1) is 0 Å². The molecule has 1 rings (SSSR count). The van der Waals surface area contributed by atoms with E-state index in [-0.39, 0.29) is 11.6 Å². The summed E-state index contributed by atoms with van der Waals surface area (Å²) in [5.41, 5.74) is 1.91. The van der Waals surface area contributed by atoms with Gasteiger partial charge in [-0.3, -0.25) is 14.9 Å². The Kier molecular flexibility index (Phi) is 5.05. The third-order valence-corrected chi connectivity index (χ3v) is 2.45. The van der Waals surface area contributed by atoms with Crippen molar-refractivity contribution in [1.82, 2.24) is 5.32 Å². The van der Waals surface area contributed by atoms with Crippen molar-refractivity contribution < 1.29 is 9.72 Å². The van der Waals surface area contributed by atoms with E-state index in [4.69, 9.17) is 0 Å². The number of carbonyl (C=O) groups excluding carboxylic acids is 1. The summed E-state index contributed by atoms with van der Waals surface area (Å²) in [6.07, 6.45) is 4.57. The highest BCUT2D eigenvalue weighted by Crippen LogP contribution is 2.18. The molecule has 0 aromatic heterocycles. The Labute approximate surface area is 106 Å². The standard InChI is InChI=1S/C13H16N2O3/c1-10-9-13(15(17)18)7-6-12(10)5-3-4-8-14-11(2)16/h3,5-7,9H,4,8H2,1-2H3,(H,14,16). The van der Waals surface area contributed by atoms with Gasteiger partial charge >= 0.3 is 0 Å². The number of carbonyl (C=O) groups is 1. The minimum Gasteiger partial charge on any atom is -0.356 e. The lowest BCUT2D eigenvalue weighted by Crippen LogP contribution is -2.20. The van der Waals surface area contributed by atoms with Gasteiger partial charge in [-0.1, -0.05) is 12.2 Å². The number of benzene rings is 1. The van der Waals surface area contributed by atoms with Gasteiger partial charge in [0.15, 0.2) is 0 Å². The second kappa shape index (κ2) is 6.54. The highest BCUT2D eigenvalue weighted by molar-refractivity contribution is 5.72. The molecule has 1 amide bonds. The highest BCUT2D eigenvalue weighted by Gasteiger charge is 2.05. The van der Waals surface area contributed by atoms with Crippen molar-refractivity contribution in [2.75, 3.05) is 6.54 Å². The molecule has 0 unspecified atom stereocenters. The number of nitrogens with one attached hydrogen (secondary N) is 1. The minimum atomic E-state index is -0.405. The predicted molar refractivity (Wildman–Crippen MR) is 70.2 cm³/mol. The quantitative estimate of drug-likeness (QED) is 0.494. The first-order valence-electron chi connectivity index (χ1n) is 5.66. The number of amides is 1. The summed E-state index contributed by atoms with van der Waals surface area (Å²) in [5, 5.41) is 13.3. The van der Waals surface area contributed by atoms with Gasteiger partial charge in [0.25, 0.3) is 5.69 Å². The van der Waals surface area contributed by atoms with E-state index in [1.165, 1.54) is 13.0 Å². The second-order valence-electron chi connectivity index (χ2n) is 3.97. The van der Waals surface area contributed by atoms with Crippen LogP contribution in [0.1, 0.15) is 24.5 Å². The van der Waals surface area contributed by atoms with Crippen molar-refractivity contribution in [2.45, 2.75) is 20.3 Å². The summed E-state index contributed by atoms with van der Waals surface area (Å²) in [7, 11) is 0. The van der Waals surface area contributed by atoms with Crippen LogP contribution in [0.5, 0.6) is 0 Å². The molecule has 0 aliphatic carbocycles. The molecule has 0 heterocycles. The summed E-state index contributed by atoms with van der Waals surface area (Å²) in [6, 6.07) is 4.76. The van der Waals surface area contributed by atoms with Crippen molar-refractivity contribution in [3.8, 4) is 0 Å². The second-order valence-corrected chi connectivity index (χ2v) is 3.97. The van der Waals surface area contributed by atoms with Crippen LogP contribution in [-0.2, 0) is 4.79 Å². The van der Waals surface area contributed by atoms with Crippen LogP contribution in [0.3, 0.4) is 0 Å². The van der Waals surface area contributed by atoms with Crippen LogP contribution in [0.25, 0.3) is 6.08 Å². The van der Waals surface area contributed by atoms with Crippen molar-refractivity contribution >= 4 is 17.7 Å². The van der Waals surface area contributed by atoms with E-state index in [2.05, 4.69) is 5.32 Å². The average Bonchev–Trinajstić information content (AvgIpc) is 2.29. The predicted octanol–water partition coefficient (Wildman–Crippen LogP) is 2.44. The molecule has 18 heavy (non-hydrogen) atoms. The van der Waals surface area contributed by atoms with E-state index in [1.807, 2.05) is 19.1 Å². The molecule has 96 valence electrons. The van der Waals surface area contributed by atoms with Crippen LogP contribution in [0.2, 0.25) is 0 Å². The SMILES string of the molecule is CC(=O)NCCC=Cc1ccc([N+](=O)[O-])cc1C. The summed E-state index contributed by atoms with van der Waals surface area (Å²) < 4.78 is 0. The molecule has 1 N–H and O–H groups in total. The first-order valence-corrected chi connectivity index (χ1v) is 5.66. The first kappa shape index (κ1) is 13.9. The lowest BCUT2D eigenvalue weighted by atomic mass is 10.1. The molecule has 0 radical (unpaired) electrons. The highest BCUT2D eigenvalue weighted by atomic mass is 16.6. The molecule has 0 spiro atoms. The normalized spacial score (nSPS) is 10.6. The molecule has 1 aromatic rings. The lowest BCUT2D eigenvalue weighted by molar-refractivity contribution is -0.384. The third-order valence-electron chi connectivity index (χ3n) is 2.45. The Bertz CT molecular complexity index is 481. The number of hydrogen-bond donors (Lipinski definition) is 1. The van der Waals surface area contributed by atoms with Gasteiger partial charge in [-0.05, 0) is 30.5 Å². The summed E-state index contributed by atoms with van der Waals surface area (Å²) in [4.78, 5) is 20.8. The van der Waals surface area contributed by atoms with Gasteiger partial charge in [-0.25, -0.2) is 0 Å². The molecule has 0 atom stereocenters. The van der Waals surface area contributed by atoms with Crippen LogP contribution in [0, 0.1) is 17.0 Å². The van der Waals surface area contributed by atoms with Crippen LogP contribution >= 0.6 is 0 Å². The largest absolute Gasteiger partial charge is 0.356 e. The van der Waals surface area contributed by atoms with E-state index >= 15 is 0 Å². The lowest BCUT2D eigenvalue weighted by Gasteiger charge is -2.00. The van der Waals surface area contributed by atoms with Gasteiger partial charge in [0.1, 0.15) is 0 Å². The minimum absolute atomic E-state index is 0.0464. The van der Waals surface area contributed by atoms with Crippen LogP contribution in [-0.4, -0.2) is 17.4 Å². The van der Waals surface area contributed by atoms with Crippen molar-refractivity contribution in [1.29, 1.82) is 0 Å². The number of nitro benzene ring substituents is 1. The zero-order valence-corrected chi connectivity index (χ0v) is 10.5. The molecular weight excluding hydrogens is 232 g/mol. The number of nitrogens with zero attached hydrogens (tertiary/aromatic N) is 1. The fourth-order valence-electron chi connectivity index (χ4n) is 1.50. The topological polar surface area (TPSA) is 72.2 Å². The zero-order valence-electron chi connectivity index (χ0n) is 10.5. The monoisotopic (exact) mass is 248 g/mol. The van der Waals surface area contributed by atoms with Gasteiger partial charge in [0.2, 0.25) is 5.91 Å². The third kappa shape index (κ3) is 4.37. The fraction of sp³-hybridized carbons (Fsp3) is 0.308.